The minimum atomic E-state index is -0.322. The van der Waals surface area contributed by atoms with Gasteiger partial charge >= 0.3 is 0 Å². The van der Waals surface area contributed by atoms with Crippen molar-refractivity contribution in [1.82, 2.24) is 15.0 Å². The van der Waals surface area contributed by atoms with Crippen LogP contribution in [0.2, 0.25) is 5.15 Å². The number of nitrogens with zero attached hydrogens (tertiary/aromatic N) is 3. The minimum Gasteiger partial charge on any atom is -0.304 e. The number of benzene rings is 1. The molecule has 0 aliphatic carbocycles. The van der Waals surface area contributed by atoms with E-state index < -0.39 is 0 Å². The predicted octanol–water partition coefficient (Wildman–Crippen LogP) is 3.24. The van der Waals surface area contributed by atoms with Gasteiger partial charge < -0.3 is 5.32 Å². The zero-order chi connectivity index (χ0) is 14.8. The normalized spacial score (nSPS) is 10.6. The van der Waals surface area contributed by atoms with Crippen molar-refractivity contribution in [2.45, 2.75) is 6.92 Å². The molecule has 0 atom stereocenters. The molecule has 1 aromatic carbocycles. The van der Waals surface area contributed by atoms with Gasteiger partial charge in [-0.15, -0.1) is 0 Å². The highest BCUT2D eigenvalue weighted by molar-refractivity contribution is 6.32. The van der Waals surface area contributed by atoms with Crippen LogP contribution in [-0.2, 0) is 0 Å². The van der Waals surface area contributed by atoms with E-state index in [2.05, 4.69) is 20.3 Å². The first kappa shape index (κ1) is 13.5. The smallest absolute Gasteiger partial charge is 0.258 e. The average molecular weight is 299 g/mol. The van der Waals surface area contributed by atoms with E-state index in [4.69, 9.17) is 11.6 Å². The maximum Gasteiger partial charge on any atom is 0.258 e. The Morgan fingerprint density at radius 1 is 1.14 bits per heavy atom. The van der Waals surface area contributed by atoms with Gasteiger partial charge in [0, 0.05) is 12.4 Å². The highest BCUT2D eigenvalue weighted by Gasteiger charge is 2.12. The van der Waals surface area contributed by atoms with Crippen LogP contribution in [0.15, 0.2) is 42.7 Å². The molecule has 1 amide bonds. The Morgan fingerprint density at radius 3 is 2.57 bits per heavy atom. The van der Waals surface area contributed by atoms with Gasteiger partial charge in [-0.2, -0.15) is 0 Å². The molecule has 3 aromatic rings. The van der Waals surface area contributed by atoms with Crippen molar-refractivity contribution in [3.8, 4) is 0 Å². The summed E-state index contributed by atoms with van der Waals surface area (Å²) < 4.78 is 0. The van der Waals surface area contributed by atoms with Crippen LogP contribution in [0.1, 0.15) is 15.9 Å². The van der Waals surface area contributed by atoms with Gasteiger partial charge in [-0.3, -0.25) is 9.78 Å². The van der Waals surface area contributed by atoms with E-state index in [9.17, 15) is 4.79 Å². The fourth-order valence-corrected chi connectivity index (χ4v) is 2.10. The lowest BCUT2D eigenvalue weighted by Gasteiger charge is -2.07. The predicted molar refractivity (Wildman–Crippen MR) is 81.5 cm³/mol. The molecule has 3 rings (SSSR count). The average Bonchev–Trinajstić information content (AvgIpc) is 2.48. The van der Waals surface area contributed by atoms with Gasteiger partial charge in [0.25, 0.3) is 5.91 Å². The molecular weight excluding hydrogens is 288 g/mol. The molecule has 0 spiro atoms. The lowest BCUT2D eigenvalue weighted by Crippen LogP contribution is -2.14. The van der Waals surface area contributed by atoms with Crippen LogP contribution in [0.5, 0.6) is 0 Å². The zero-order valence-electron chi connectivity index (χ0n) is 11.2. The summed E-state index contributed by atoms with van der Waals surface area (Å²) in [5, 5.41) is 2.82. The molecule has 0 saturated carbocycles. The van der Waals surface area contributed by atoms with Crippen LogP contribution in [-0.4, -0.2) is 20.9 Å². The second-order valence-corrected chi connectivity index (χ2v) is 4.91. The van der Waals surface area contributed by atoms with Crippen LogP contribution >= 0.6 is 11.6 Å². The number of aryl methyl sites for hydroxylation is 1. The molecule has 21 heavy (non-hydrogen) atoms. The van der Waals surface area contributed by atoms with Crippen LogP contribution in [0.4, 0.5) is 5.82 Å². The molecule has 0 saturated heterocycles. The quantitative estimate of drug-likeness (QED) is 0.788. The summed E-state index contributed by atoms with van der Waals surface area (Å²) in [7, 11) is 0. The maximum absolute atomic E-state index is 12.2. The largest absolute Gasteiger partial charge is 0.304 e. The van der Waals surface area contributed by atoms with E-state index in [1.807, 2.05) is 31.2 Å². The topological polar surface area (TPSA) is 67.8 Å². The first-order valence-electron chi connectivity index (χ1n) is 6.29. The number of para-hydroxylation sites is 2. The molecule has 0 radical (unpaired) electrons. The molecule has 104 valence electrons. The number of nitrogens with one attached hydrogen (secondary N) is 1. The van der Waals surface area contributed by atoms with Gasteiger partial charge in [-0.1, -0.05) is 23.7 Å². The summed E-state index contributed by atoms with van der Waals surface area (Å²) in [5.41, 5.74) is 2.69. The van der Waals surface area contributed by atoms with E-state index in [1.54, 1.807) is 12.3 Å². The Balaban J connectivity index is 1.94. The van der Waals surface area contributed by atoms with Gasteiger partial charge in [-0.05, 0) is 30.7 Å². The molecule has 0 bridgehead atoms. The van der Waals surface area contributed by atoms with Crippen molar-refractivity contribution in [2.75, 3.05) is 5.32 Å². The number of pyridine rings is 1. The Hall–Kier alpha value is -2.53. The highest BCUT2D eigenvalue weighted by atomic mass is 35.5. The lowest BCUT2D eigenvalue weighted by atomic mass is 10.2. The summed E-state index contributed by atoms with van der Waals surface area (Å²) in [6.45, 7) is 1.87. The van der Waals surface area contributed by atoms with Crippen molar-refractivity contribution in [3.05, 3.63) is 59.0 Å². The first-order valence-corrected chi connectivity index (χ1v) is 6.66. The molecular formula is C15H11ClN4O. The van der Waals surface area contributed by atoms with Gasteiger partial charge in [0.2, 0.25) is 0 Å². The number of carbonyl (C=O) groups is 1. The summed E-state index contributed by atoms with van der Waals surface area (Å²) in [5.74, 6) is -0.0837. The molecule has 1 N–H and O–H groups in total. The van der Waals surface area contributed by atoms with Crippen LogP contribution in [0.3, 0.4) is 0 Å². The van der Waals surface area contributed by atoms with E-state index in [0.717, 1.165) is 5.56 Å². The van der Waals surface area contributed by atoms with Gasteiger partial charge in [0.1, 0.15) is 0 Å². The third kappa shape index (κ3) is 2.83. The maximum atomic E-state index is 12.2. The number of fused-ring (bicyclic) bond motifs is 1. The van der Waals surface area contributed by atoms with Crippen molar-refractivity contribution in [2.24, 2.45) is 0 Å². The number of carbonyl (C=O) groups excluding carboxylic acids is 1. The number of hydrogen-bond donors (Lipinski definition) is 1. The molecule has 5 nitrogen and oxygen atoms in total. The monoisotopic (exact) mass is 298 g/mol. The number of rotatable bonds is 2. The van der Waals surface area contributed by atoms with Gasteiger partial charge in [0.05, 0.1) is 16.6 Å². The Morgan fingerprint density at radius 2 is 1.86 bits per heavy atom. The lowest BCUT2D eigenvalue weighted by molar-refractivity contribution is 0.102. The van der Waals surface area contributed by atoms with Crippen LogP contribution in [0.25, 0.3) is 11.0 Å². The summed E-state index contributed by atoms with van der Waals surface area (Å²) in [6, 6.07) is 9.06. The Kier molecular flexibility index (Phi) is 3.50. The van der Waals surface area contributed by atoms with Crippen LogP contribution < -0.4 is 5.32 Å². The third-order valence-corrected chi connectivity index (χ3v) is 3.16. The summed E-state index contributed by atoms with van der Waals surface area (Å²) >= 11 is 6.06. The van der Waals surface area contributed by atoms with E-state index in [1.165, 1.54) is 6.20 Å². The standard InChI is InChI=1S/C15H11ClN4O/c1-9-6-10(8-17-7-9)15(21)20-14-13(16)18-11-4-2-3-5-12(11)19-14/h2-8H,1H3,(H,19,20,21). The van der Waals surface area contributed by atoms with Crippen molar-refractivity contribution >= 4 is 34.4 Å². The second-order valence-electron chi connectivity index (χ2n) is 4.56. The first-order chi connectivity index (χ1) is 10.1. The molecule has 0 unspecified atom stereocenters. The molecule has 6 heteroatoms. The number of amides is 1. The fourth-order valence-electron chi connectivity index (χ4n) is 1.92. The summed E-state index contributed by atoms with van der Waals surface area (Å²) in [4.78, 5) is 24.7. The summed E-state index contributed by atoms with van der Waals surface area (Å²) in [6.07, 6.45) is 3.17. The van der Waals surface area contributed by atoms with Gasteiger partial charge in [-0.25, -0.2) is 9.97 Å². The highest BCUT2D eigenvalue weighted by Crippen LogP contribution is 2.21. The van der Waals surface area contributed by atoms with E-state index in [-0.39, 0.29) is 16.9 Å². The minimum absolute atomic E-state index is 0.155. The SMILES string of the molecule is Cc1cncc(C(=O)Nc2nc3ccccc3nc2Cl)c1. The number of hydrogen-bond acceptors (Lipinski definition) is 4. The third-order valence-electron chi connectivity index (χ3n) is 2.90. The molecule has 2 heterocycles. The number of anilines is 1. The van der Waals surface area contributed by atoms with Crippen LogP contribution in [0, 0.1) is 6.92 Å². The molecule has 2 aromatic heterocycles. The second kappa shape index (κ2) is 5.46. The zero-order valence-corrected chi connectivity index (χ0v) is 11.9. The molecule has 0 fully saturated rings. The Labute approximate surface area is 126 Å². The van der Waals surface area contributed by atoms with Crippen molar-refractivity contribution < 1.29 is 4.79 Å². The van der Waals surface area contributed by atoms with Crippen molar-refractivity contribution in [1.29, 1.82) is 0 Å². The van der Waals surface area contributed by atoms with E-state index in [0.29, 0.717) is 16.6 Å². The number of aromatic nitrogens is 3. The Bertz CT molecular complexity index is 835. The van der Waals surface area contributed by atoms with E-state index >= 15 is 0 Å². The van der Waals surface area contributed by atoms with Crippen molar-refractivity contribution in [3.63, 3.8) is 0 Å². The molecule has 0 aliphatic rings. The fraction of sp³-hybridized carbons (Fsp3) is 0.0667. The van der Waals surface area contributed by atoms with Gasteiger partial charge in [0.15, 0.2) is 11.0 Å². The molecule has 0 aliphatic heterocycles. The number of halogens is 1.